The molecule has 2 aromatic rings. The first-order valence-corrected chi connectivity index (χ1v) is 13.8. The average Bonchev–Trinajstić information content (AvgIpc) is 2.94. The number of carbonyl (C=O) groups is 4. The fraction of sp³-hybridized carbons (Fsp3) is 0.385. The van der Waals surface area contributed by atoms with Crippen LogP contribution in [0.4, 0.5) is 21.0 Å². The van der Waals surface area contributed by atoms with Crippen molar-refractivity contribution in [2.75, 3.05) is 18.1 Å². The van der Waals surface area contributed by atoms with Crippen LogP contribution in [0.3, 0.4) is 0 Å². The summed E-state index contributed by atoms with van der Waals surface area (Å²) in [6.45, 7) is 1.54. The number of amides is 2. The number of nitro benzene ring substituents is 2. The van der Waals surface area contributed by atoms with Crippen molar-refractivity contribution in [3.05, 3.63) is 79.9 Å². The second-order valence-corrected chi connectivity index (χ2v) is 10.3. The Morgan fingerprint density at radius 1 is 0.952 bits per heavy atom. The zero-order valence-electron chi connectivity index (χ0n) is 22.4. The van der Waals surface area contributed by atoms with E-state index in [0.29, 0.717) is 16.9 Å². The topological polar surface area (TPSA) is 206 Å². The number of hydrogen-bond donors (Lipinski definition) is 2. The monoisotopic (exact) mass is 604 g/mol. The SMILES string of the molecule is C[C@@H](OC(=O)OCc1ccc([N+](=O)[O-])cc1)[C@H]1C(=O)N[C@@H]1CC(=O)CSCCNC(=O)OCc1ccc([N+](=O)[O-])cc1. The molecule has 0 saturated carbocycles. The molecule has 0 radical (unpaired) electrons. The molecule has 16 heteroatoms. The van der Waals surface area contributed by atoms with Gasteiger partial charge in [0, 0.05) is 43.0 Å². The number of Topliss-reactive ketones (excluding diaryl/α,β-unsaturated/α-hetero) is 1. The highest BCUT2D eigenvalue weighted by molar-refractivity contribution is 7.99. The Labute approximate surface area is 243 Å². The summed E-state index contributed by atoms with van der Waals surface area (Å²) in [5.41, 5.74) is 0.948. The summed E-state index contributed by atoms with van der Waals surface area (Å²) < 4.78 is 15.3. The third kappa shape index (κ3) is 9.72. The van der Waals surface area contributed by atoms with Crippen molar-refractivity contribution < 1.29 is 43.2 Å². The lowest BCUT2D eigenvalue weighted by atomic mass is 9.83. The number of hydrogen-bond acceptors (Lipinski definition) is 12. The minimum absolute atomic E-state index is 0.0413. The first-order valence-electron chi connectivity index (χ1n) is 12.6. The summed E-state index contributed by atoms with van der Waals surface area (Å²) >= 11 is 1.29. The normalized spacial score (nSPS) is 16.3. The highest BCUT2D eigenvalue weighted by Crippen LogP contribution is 2.25. The lowest BCUT2D eigenvalue weighted by molar-refractivity contribution is -0.385. The maximum Gasteiger partial charge on any atom is 0.508 e. The van der Waals surface area contributed by atoms with E-state index in [9.17, 15) is 39.4 Å². The van der Waals surface area contributed by atoms with Crippen LogP contribution in [0.25, 0.3) is 0 Å². The maximum absolute atomic E-state index is 12.4. The van der Waals surface area contributed by atoms with Gasteiger partial charge in [0.25, 0.3) is 11.4 Å². The van der Waals surface area contributed by atoms with E-state index < -0.39 is 40.2 Å². The van der Waals surface area contributed by atoms with Crippen molar-refractivity contribution in [2.24, 2.45) is 5.92 Å². The van der Waals surface area contributed by atoms with Gasteiger partial charge in [0.05, 0.1) is 27.6 Å². The van der Waals surface area contributed by atoms with E-state index in [-0.39, 0.29) is 55.0 Å². The Kier molecular flexibility index (Phi) is 11.6. The maximum atomic E-state index is 12.4. The van der Waals surface area contributed by atoms with Gasteiger partial charge >= 0.3 is 12.2 Å². The molecule has 1 fully saturated rings. The van der Waals surface area contributed by atoms with Crippen molar-refractivity contribution in [2.45, 2.75) is 38.7 Å². The van der Waals surface area contributed by atoms with Gasteiger partial charge in [0.2, 0.25) is 5.91 Å². The number of alkyl carbamates (subject to hydrolysis) is 1. The van der Waals surface area contributed by atoms with E-state index in [4.69, 9.17) is 14.2 Å². The molecule has 0 spiro atoms. The molecule has 0 unspecified atom stereocenters. The van der Waals surface area contributed by atoms with Crippen LogP contribution in [-0.2, 0) is 37.0 Å². The summed E-state index contributed by atoms with van der Waals surface area (Å²) in [5.74, 6) is -0.640. The molecule has 0 aliphatic carbocycles. The predicted octanol–water partition coefficient (Wildman–Crippen LogP) is 3.28. The highest BCUT2D eigenvalue weighted by Gasteiger charge is 2.45. The van der Waals surface area contributed by atoms with Gasteiger partial charge in [0.15, 0.2) is 0 Å². The van der Waals surface area contributed by atoms with Gasteiger partial charge in [-0.05, 0) is 42.3 Å². The van der Waals surface area contributed by atoms with Crippen molar-refractivity contribution in [3.63, 3.8) is 0 Å². The number of nitrogens with zero attached hydrogens (tertiary/aromatic N) is 2. The number of ether oxygens (including phenoxy) is 3. The molecular formula is C26H28N4O11S. The number of non-ortho nitro benzene ring substituents is 2. The second-order valence-electron chi connectivity index (χ2n) is 9.15. The lowest BCUT2D eigenvalue weighted by Crippen LogP contribution is -2.63. The average molecular weight is 605 g/mol. The molecule has 224 valence electrons. The van der Waals surface area contributed by atoms with Crippen LogP contribution in [0.15, 0.2) is 48.5 Å². The number of carbonyl (C=O) groups excluding carboxylic acids is 4. The summed E-state index contributed by atoms with van der Waals surface area (Å²) in [6.07, 6.45) is -2.49. The van der Waals surface area contributed by atoms with Gasteiger partial charge in [0.1, 0.15) is 25.1 Å². The molecule has 3 rings (SSSR count). The second kappa shape index (κ2) is 15.3. The molecule has 2 amide bonds. The van der Waals surface area contributed by atoms with E-state index in [0.717, 1.165) is 0 Å². The fourth-order valence-electron chi connectivity index (χ4n) is 3.92. The van der Waals surface area contributed by atoms with Crippen LogP contribution in [0.5, 0.6) is 0 Å². The summed E-state index contributed by atoms with van der Waals surface area (Å²) in [4.78, 5) is 68.6. The summed E-state index contributed by atoms with van der Waals surface area (Å²) in [6, 6.07) is 10.6. The molecule has 0 aromatic heterocycles. The zero-order chi connectivity index (χ0) is 30.6. The summed E-state index contributed by atoms with van der Waals surface area (Å²) in [7, 11) is 0. The van der Waals surface area contributed by atoms with E-state index in [1.165, 1.54) is 67.2 Å². The number of nitrogens with one attached hydrogen (secondary N) is 2. The third-order valence-corrected chi connectivity index (χ3v) is 7.12. The molecule has 2 aromatic carbocycles. The highest BCUT2D eigenvalue weighted by atomic mass is 32.2. The lowest BCUT2D eigenvalue weighted by Gasteiger charge is -2.39. The Hall–Kier alpha value is -4.73. The Morgan fingerprint density at radius 3 is 2.02 bits per heavy atom. The van der Waals surface area contributed by atoms with E-state index in [1.54, 1.807) is 0 Å². The molecule has 1 saturated heterocycles. The van der Waals surface area contributed by atoms with Gasteiger partial charge in [-0.1, -0.05) is 0 Å². The minimum Gasteiger partial charge on any atom is -0.445 e. The van der Waals surface area contributed by atoms with Gasteiger partial charge in [-0.25, -0.2) is 9.59 Å². The quantitative estimate of drug-likeness (QED) is 0.0987. The molecule has 1 aliphatic rings. The number of benzene rings is 2. The van der Waals surface area contributed by atoms with Crippen LogP contribution in [0.2, 0.25) is 0 Å². The van der Waals surface area contributed by atoms with Crippen LogP contribution in [0, 0.1) is 26.1 Å². The number of β-lactam (4-membered cyclic amide) rings is 1. The molecule has 2 N–H and O–H groups in total. The van der Waals surface area contributed by atoms with Gasteiger partial charge in [-0.2, -0.15) is 11.8 Å². The Balaban J connectivity index is 1.28. The fourth-order valence-corrected chi connectivity index (χ4v) is 4.65. The first-order chi connectivity index (χ1) is 20.0. The van der Waals surface area contributed by atoms with Crippen molar-refractivity contribution in [1.82, 2.24) is 10.6 Å². The molecule has 1 heterocycles. The van der Waals surface area contributed by atoms with Crippen LogP contribution in [-0.4, -0.2) is 64.0 Å². The first kappa shape index (κ1) is 31.8. The smallest absolute Gasteiger partial charge is 0.445 e. The van der Waals surface area contributed by atoms with E-state index >= 15 is 0 Å². The number of rotatable bonds is 15. The van der Waals surface area contributed by atoms with Crippen molar-refractivity contribution in [3.8, 4) is 0 Å². The van der Waals surface area contributed by atoms with Crippen LogP contribution in [0.1, 0.15) is 24.5 Å². The predicted molar refractivity (Wildman–Crippen MR) is 147 cm³/mol. The molecular weight excluding hydrogens is 576 g/mol. The van der Waals surface area contributed by atoms with Gasteiger partial charge < -0.3 is 24.8 Å². The van der Waals surface area contributed by atoms with Gasteiger partial charge in [-0.15, -0.1) is 0 Å². The van der Waals surface area contributed by atoms with Crippen molar-refractivity contribution in [1.29, 1.82) is 0 Å². The van der Waals surface area contributed by atoms with Crippen LogP contribution < -0.4 is 10.6 Å². The third-order valence-electron chi connectivity index (χ3n) is 6.10. The largest absolute Gasteiger partial charge is 0.508 e. The minimum atomic E-state index is -1.01. The van der Waals surface area contributed by atoms with E-state index in [1.807, 2.05) is 0 Å². The standard InChI is InChI=1S/C26H28N4O11S/c1-16(41-26(34)40-14-18-4-8-20(9-5-18)30(37)38)23-22(28-24(23)32)12-21(31)15-42-11-10-27-25(33)39-13-17-2-6-19(7-3-17)29(35)36/h2-9,16,22-23H,10-15H2,1H3,(H,27,33)(H,28,32)/t16-,22-,23-/m1/s1. The van der Waals surface area contributed by atoms with Gasteiger partial charge in [-0.3, -0.25) is 29.8 Å². The number of nitro groups is 2. The Bertz CT molecular complexity index is 1300. The van der Waals surface area contributed by atoms with Crippen LogP contribution >= 0.6 is 11.8 Å². The Morgan fingerprint density at radius 2 is 1.50 bits per heavy atom. The zero-order valence-corrected chi connectivity index (χ0v) is 23.2. The van der Waals surface area contributed by atoms with Crippen molar-refractivity contribution >= 4 is 47.1 Å². The molecule has 1 aliphatic heterocycles. The summed E-state index contributed by atoms with van der Waals surface area (Å²) in [5, 5.41) is 26.6. The molecule has 42 heavy (non-hydrogen) atoms. The van der Waals surface area contributed by atoms with E-state index in [2.05, 4.69) is 10.6 Å². The molecule has 3 atom stereocenters. The number of ketones is 1. The molecule has 15 nitrogen and oxygen atoms in total. The number of thioether (sulfide) groups is 1. The molecule has 0 bridgehead atoms.